The summed E-state index contributed by atoms with van der Waals surface area (Å²) in [5.41, 5.74) is 1.06. The molecule has 0 radical (unpaired) electrons. The number of hydrogen-bond acceptors (Lipinski definition) is 6. The first-order valence-electron chi connectivity index (χ1n) is 14.7. The number of benzene rings is 2. The Morgan fingerprint density at radius 2 is 1.86 bits per heavy atom. The van der Waals surface area contributed by atoms with Crippen LogP contribution in [0.1, 0.15) is 42.3 Å². The third-order valence-electron chi connectivity index (χ3n) is 8.65. The molecule has 2 aliphatic rings. The monoisotopic (exact) mass is 625 g/mol. The van der Waals surface area contributed by atoms with Crippen molar-refractivity contribution in [1.29, 1.82) is 0 Å². The molecule has 2 N–H and O–H groups in total. The van der Waals surface area contributed by atoms with Gasteiger partial charge in [-0.3, -0.25) is 18.7 Å². The first-order chi connectivity index (χ1) is 21.2. The number of halogens is 3. The Hall–Kier alpha value is -3.64. The number of aliphatic hydroxyl groups is 1. The number of nitrogens with zero attached hydrogens (tertiary/aromatic N) is 4. The van der Waals surface area contributed by atoms with Gasteiger partial charge >= 0.3 is 0 Å². The highest BCUT2D eigenvalue weighted by atomic mass is 35.5. The molecule has 4 heterocycles. The average molecular weight is 626 g/mol. The highest BCUT2D eigenvalue weighted by Gasteiger charge is 2.36. The van der Waals surface area contributed by atoms with Crippen LogP contribution >= 0.6 is 11.6 Å². The second-order valence-corrected chi connectivity index (χ2v) is 11.9. The van der Waals surface area contributed by atoms with Gasteiger partial charge in [-0.25, -0.2) is 13.8 Å². The van der Waals surface area contributed by atoms with Crippen LogP contribution in [-0.4, -0.2) is 74.9 Å². The summed E-state index contributed by atoms with van der Waals surface area (Å²) in [4.78, 5) is 32.5. The number of carbonyl (C=O) groups excluding carboxylic acids is 1. The fourth-order valence-electron chi connectivity index (χ4n) is 6.10. The number of amides is 1. The van der Waals surface area contributed by atoms with Crippen LogP contribution < -0.4 is 10.9 Å². The molecule has 2 saturated heterocycles. The maximum absolute atomic E-state index is 13.8. The van der Waals surface area contributed by atoms with E-state index in [2.05, 4.69) is 10.3 Å². The third kappa shape index (κ3) is 6.28. The van der Waals surface area contributed by atoms with Gasteiger partial charge in [0, 0.05) is 31.7 Å². The maximum atomic E-state index is 13.8. The summed E-state index contributed by atoms with van der Waals surface area (Å²) in [7, 11) is 0. The maximum Gasteiger partial charge on any atom is 0.262 e. The molecule has 0 aliphatic carbocycles. The highest BCUT2D eigenvalue weighted by molar-refractivity contribution is 6.31. The molecule has 6 rings (SSSR count). The minimum atomic E-state index is -2.67. The Labute approximate surface area is 258 Å². The second-order valence-electron chi connectivity index (χ2n) is 11.6. The number of morpholine rings is 1. The SMILES string of the molecule is O=C(CC(c1ccccc1)C(F)F)N1CCC(O)(Cn2cnc3c(cc(Cl)n3-c3ccc(C4COCCN4)cc3)c2=O)CC1. The van der Waals surface area contributed by atoms with Crippen molar-refractivity contribution in [3.05, 3.63) is 93.6 Å². The number of nitrogens with one attached hydrogen (secondary N) is 1. The number of likely N-dealkylation sites (tertiary alicyclic amines) is 1. The van der Waals surface area contributed by atoms with Crippen LogP contribution in [0.3, 0.4) is 0 Å². The molecule has 1 amide bonds. The van der Waals surface area contributed by atoms with Gasteiger partial charge in [-0.05, 0) is 42.2 Å². The summed E-state index contributed by atoms with van der Waals surface area (Å²) < 4.78 is 36.2. The largest absolute Gasteiger partial charge is 0.388 e. The van der Waals surface area contributed by atoms with Crippen molar-refractivity contribution >= 4 is 28.5 Å². The first kappa shape index (κ1) is 30.4. The summed E-state index contributed by atoms with van der Waals surface area (Å²) in [6.07, 6.45) is -1.19. The van der Waals surface area contributed by atoms with Gasteiger partial charge in [0.2, 0.25) is 12.3 Å². The molecule has 2 aliphatic heterocycles. The van der Waals surface area contributed by atoms with Crippen molar-refractivity contribution in [3.63, 3.8) is 0 Å². The quantitative estimate of drug-likeness (QED) is 0.303. The van der Waals surface area contributed by atoms with E-state index in [4.69, 9.17) is 16.3 Å². The standard InChI is InChI=1S/C32H34ClF2N5O4/c33-27-16-25-30(40(27)23-8-6-22(7-9-23)26-18-44-15-12-36-26)37-20-39(31(25)42)19-32(43)10-13-38(14-11-32)28(41)17-24(29(34)35)21-4-2-1-3-5-21/h1-9,16,20,24,26,29,36,43H,10-15,17-19H2. The predicted molar refractivity (Wildman–Crippen MR) is 162 cm³/mol. The Morgan fingerprint density at radius 3 is 2.52 bits per heavy atom. The van der Waals surface area contributed by atoms with Crippen LogP contribution in [0.25, 0.3) is 16.7 Å². The number of fused-ring (bicyclic) bond motifs is 1. The molecule has 2 aromatic carbocycles. The fourth-order valence-corrected chi connectivity index (χ4v) is 6.38. The molecule has 12 heteroatoms. The molecule has 0 spiro atoms. The van der Waals surface area contributed by atoms with E-state index in [1.165, 1.54) is 15.8 Å². The average Bonchev–Trinajstić information content (AvgIpc) is 3.38. The lowest BCUT2D eigenvalue weighted by molar-refractivity contribution is -0.137. The fraction of sp³-hybridized carbons (Fsp3) is 0.406. The third-order valence-corrected chi connectivity index (χ3v) is 8.93. The summed E-state index contributed by atoms with van der Waals surface area (Å²) in [5.74, 6) is -1.57. The number of rotatable bonds is 8. The number of aromatic nitrogens is 3. The van der Waals surface area contributed by atoms with Crippen LogP contribution in [0.2, 0.25) is 5.15 Å². The van der Waals surface area contributed by atoms with E-state index in [0.29, 0.717) is 35.0 Å². The van der Waals surface area contributed by atoms with E-state index in [-0.39, 0.29) is 56.4 Å². The lowest BCUT2D eigenvalue weighted by atomic mass is 9.90. The molecule has 4 aromatic rings. The van der Waals surface area contributed by atoms with Crippen molar-refractivity contribution in [3.8, 4) is 5.69 Å². The van der Waals surface area contributed by atoms with Crippen molar-refractivity contribution in [2.75, 3.05) is 32.8 Å². The molecule has 232 valence electrons. The van der Waals surface area contributed by atoms with E-state index in [1.807, 2.05) is 24.3 Å². The number of alkyl halides is 2. The van der Waals surface area contributed by atoms with Crippen LogP contribution in [0.5, 0.6) is 0 Å². The van der Waals surface area contributed by atoms with Gasteiger partial charge < -0.3 is 20.1 Å². The van der Waals surface area contributed by atoms with Gasteiger partial charge in [-0.1, -0.05) is 54.1 Å². The Morgan fingerprint density at radius 1 is 1.14 bits per heavy atom. The second kappa shape index (κ2) is 12.8. The normalized spacial score (nSPS) is 19.4. The number of hydrogen-bond donors (Lipinski definition) is 2. The van der Waals surface area contributed by atoms with Gasteiger partial charge in [0.25, 0.3) is 5.56 Å². The molecule has 2 atom stereocenters. The van der Waals surface area contributed by atoms with Gasteiger partial charge in [-0.15, -0.1) is 0 Å². The topological polar surface area (TPSA) is 102 Å². The summed E-state index contributed by atoms with van der Waals surface area (Å²) in [6, 6.07) is 17.8. The first-order valence-corrected chi connectivity index (χ1v) is 15.1. The van der Waals surface area contributed by atoms with Gasteiger partial charge in [0.1, 0.15) is 11.5 Å². The Bertz CT molecular complexity index is 1660. The highest BCUT2D eigenvalue weighted by Crippen LogP contribution is 2.31. The van der Waals surface area contributed by atoms with Crippen molar-refractivity contribution in [2.24, 2.45) is 0 Å². The molecule has 0 bridgehead atoms. The molecule has 2 aromatic heterocycles. The van der Waals surface area contributed by atoms with E-state index in [0.717, 1.165) is 17.8 Å². The van der Waals surface area contributed by atoms with E-state index >= 15 is 0 Å². The zero-order valence-electron chi connectivity index (χ0n) is 24.0. The molecule has 9 nitrogen and oxygen atoms in total. The van der Waals surface area contributed by atoms with E-state index in [9.17, 15) is 23.5 Å². The predicted octanol–water partition coefficient (Wildman–Crippen LogP) is 4.29. The molecule has 44 heavy (non-hydrogen) atoms. The van der Waals surface area contributed by atoms with Crippen LogP contribution in [0, 0.1) is 0 Å². The summed E-state index contributed by atoms with van der Waals surface area (Å²) in [5, 5.41) is 15.4. The van der Waals surface area contributed by atoms with E-state index < -0.39 is 17.9 Å². The lowest BCUT2D eigenvalue weighted by Gasteiger charge is -2.38. The Kier molecular flexibility index (Phi) is 8.82. The molecule has 0 saturated carbocycles. The number of carbonyl (C=O) groups is 1. The van der Waals surface area contributed by atoms with Crippen molar-refractivity contribution < 1.29 is 23.4 Å². The zero-order valence-corrected chi connectivity index (χ0v) is 24.8. The number of piperidine rings is 1. The molecular formula is C32H34ClF2N5O4. The Balaban J connectivity index is 1.13. The number of ether oxygens (including phenoxy) is 1. The lowest BCUT2D eigenvalue weighted by Crippen LogP contribution is -2.50. The molecular weight excluding hydrogens is 592 g/mol. The summed E-state index contributed by atoms with van der Waals surface area (Å²) >= 11 is 6.58. The smallest absolute Gasteiger partial charge is 0.262 e. The van der Waals surface area contributed by atoms with E-state index in [1.54, 1.807) is 41.0 Å². The van der Waals surface area contributed by atoms with Gasteiger partial charge in [0.05, 0.1) is 42.7 Å². The molecule has 2 unspecified atom stereocenters. The minimum Gasteiger partial charge on any atom is -0.388 e. The van der Waals surface area contributed by atoms with Gasteiger partial charge in [0.15, 0.2) is 5.65 Å². The van der Waals surface area contributed by atoms with Gasteiger partial charge in [-0.2, -0.15) is 0 Å². The van der Waals surface area contributed by atoms with Crippen LogP contribution in [0.4, 0.5) is 8.78 Å². The zero-order chi connectivity index (χ0) is 30.8. The summed E-state index contributed by atoms with van der Waals surface area (Å²) in [6.45, 7) is 2.46. The molecule has 2 fully saturated rings. The minimum absolute atomic E-state index is 0.0194. The van der Waals surface area contributed by atoms with Crippen LogP contribution in [0.15, 0.2) is 71.8 Å². The van der Waals surface area contributed by atoms with Crippen molar-refractivity contribution in [1.82, 2.24) is 24.3 Å². The van der Waals surface area contributed by atoms with Crippen molar-refractivity contribution in [2.45, 2.75) is 49.8 Å². The van der Waals surface area contributed by atoms with Crippen LogP contribution in [-0.2, 0) is 16.1 Å².